The Bertz CT molecular complexity index is 346. The topological polar surface area (TPSA) is 58.1 Å². The minimum Gasteiger partial charge on any atom is -0.379 e. The van der Waals surface area contributed by atoms with Crippen molar-refractivity contribution < 1.29 is 9.47 Å². The molecular formula is C19H41IN4O2. The van der Waals surface area contributed by atoms with E-state index in [4.69, 9.17) is 9.47 Å². The van der Waals surface area contributed by atoms with Crippen molar-refractivity contribution in [3.05, 3.63) is 0 Å². The van der Waals surface area contributed by atoms with Gasteiger partial charge >= 0.3 is 0 Å². The molecule has 1 aliphatic heterocycles. The van der Waals surface area contributed by atoms with Gasteiger partial charge in [-0.2, -0.15) is 0 Å². The molecule has 7 heteroatoms. The molecule has 1 rings (SSSR count). The summed E-state index contributed by atoms with van der Waals surface area (Å²) in [5.41, 5.74) is 0. The molecule has 0 radical (unpaired) electrons. The van der Waals surface area contributed by atoms with E-state index >= 15 is 0 Å². The van der Waals surface area contributed by atoms with Crippen molar-refractivity contribution in [1.29, 1.82) is 0 Å². The van der Waals surface area contributed by atoms with Gasteiger partial charge in [-0.3, -0.25) is 4.99 Å². The van der Waals surface area contributed by atoms with Crippen LogP contribution in [0, 0.1) is 5.92 Å². The van der Waals surface area contributed by atoms with Gasteiger partial charge in [0.1, 0.15) is 0 Å². The second kappa shape index (κ2) is 18.3. The summed E-state index contributed by atoms with van der Waals surface area (Å²) >= 11 is 0. The fourth-order valence-electron chi connectivity index (χ4n) is 3.03. The Hall–Kier alpha value is -0.120. The molecule has 0 aromatic rings. The highest BCUT2D eigenvalue weighted by molar-refractivity contribution is 14.0. The molecule has 26 heavy (non-hydrogen) atoms. The average Bonchev–Trinajstić information content (AvgIpc) is 2.62. The molecule has 1 unspecified atom stereocenters. The second-order valence-corrected chi connectivity index (χ2v) is 6.91. The predicted molar refractivity (Wildman–Crippen MR) is 121 cm³/mol. The van der Waals surface area contributed by atoms with Crippen LogP contribution in [0.5, 0.6) is 0 Å². The van der Waals surface area contributed by atoms with E-state index < -0.39 is 0 Å². The van der Waals surface area contributed by atoms with Crippen LogP contribution >= 0.6 is 24.0 Å². The maximum absolute atomic E-state index is 5.55. The van der Waals surface area contributed by atoms with Crippen molar-refractivity contribution in [3.63, 3.8) is 0 Å². The fraction of sp³-hybridized carbons (Fsp3) is 0.947. The third-order valence-corrected chi connectivity index (χ3v) is 4.46. The second-order valence-electron chi connectivity index (χ2n) is 6.91. The fourth-order valence-corrected chi connectivity index (χ4v) is 3.03. The van der Waals surface area contributed by atoms with Crippen LogP contribution in [0.3, 0.4) is 0 Å². The minimum absolute atomic E-state index is 0. The summed E-state index contributed by atoms with van der Waals surface area (Å²) < 4.78 is 11.0. The largest absolute Gasteiger partial charge is 0.379 e. The zero-order valence-electron chi connectivity index (χ0n) is 17.1. The highest BCUT2D eigenvalue weighted by Gasteiger charge is 2.15. The number of hydrogen-bond acceptors (Lipinski definition) is 4. The van der Waals surface area contributed by atoms with Crippen LogP contribution in [0.1, 0.15) is 46.0 Å². The molecule has 1 saturated heterocycles. The molecule has 6 nitrogen and oxygen atoms in total. The quantitative estimate of drug-likeness (QED) is 0.182. The number of nitrogens with zero attached hydrogens (tertiary/aromatic N) is 2. The van der Waals surface area contributed by atoms with E-state index in [2.05, 4.69) is 34.4 Å². The number of likely N-dealkylation sites (tertiary alicyclic amines) is 1. The Morgan fingerprint density at radius 3 is 2.50 bits per heavy atom. The van der Waals surface area contributed by atoms with Gasteiger partial charge in [-0.05, 0) is 44.7 Å². The van der Waals surface area contributed by atoms with Crippen molar-refractivity contribution >= 4 is 29.9 Å². The molecule has 0 aromatic carbocycles. The number of nitrogens with one attached hydrogen (secondary N) is 2. The summed E-state index contributed by atoms with van der Waals surface area (Å²) in [5, 5.41) is 6.66. The minimum atomic E-state index is 0. The van der Waals surface area contributed by atoms with E-state index in [1.807, 2.05) is 7.05 Å². The van der Waals surface area contributed by atoms with E-state index in [9.17, 15) is 0 Å². The molecule has 0 bridgehead atoms. The smallest absolute Gasteiger partial charge is 0.191 e. The standard InChI is InChI=1S/C19H40N4O2.HI/c1-4-5-13-24-15-16-25-14-10-22-19(20-3)21-9-7-12-23-11-6-8-18(2)17-23;/h18H,4-17H2,1-3H3,(H2,20,21,22);1H. The third-order valence-electron chi connectivity index (χ3n) is 4.46. The van der Waals surface area contributed by atoms with Gasteiger partial charge in [0.25, 0.3) is 0 Å². The normalized spacial score (nSPS) is 18.4. The number of hydrogen-bond donors (Lipinski definition) is 2. The molecule has 0 spiro atoms. The zero-order chi connectivity index (χ0) is 18.2. The number of aliphatic imine (C=N–C) groups is 1. The van der Waals surface area contributed by atoms with Gasteiger partial charge in [-0.1, -0.05) is 20.3 Å². The van der Waals surface area contributed by atoms with Gasteiger partial charge < -0.3 is 25.0 Å². The average molecular weight is 484 g/mol. The van der Waals surface area contributed by atoms with E-state index in [0.29, 0.717) is 19.8 Å². The first-order chi connectivity index (χ1) is 12.3. The Morgan fingerprint density at radius 1 is 1.08 bits per heavy atom. The van der Waals surface area contributed by atoms with Crippen molar-refractivity contribution in [2.24, 2.45) is 10.9 Å². The lowest BCUT2D eigenvalue weighted by atomic mass is 10.0. The number of halogens is 1. The Kier molecular flexibility index (Phi) is 18.2. The lowest BCUT2D eigenvalue weighted by Gasteiger charge is -2.30. The summed E-state index contributed by atoms with van der Waals surface area (Å²) in [6, 6.07) is 0. The molecule has 0 amide bonds. The SMILES string of the molecule is CCCCOCCOCCNC(=NC)NCCCN1CCCC(C)C1.I. The lowest BCUT2D eigenvalue weighted by Crippen LogP contribution is -2.41. The van der Waals surface area contributed by atoms with Crippen LogP contribution in [-0.4, -0.2) is 77.1 Å². The first kappa shape index (κ1) is 25.9. The van der Waals surface area contributed by atoms with Crippen molar-refractivity contribution in [3.8, 4) is 0 Å². The van der Waals surface area contributed by atoms with Gasteiger partial charge in [0.15, 0.2) is 5.96 Å². The molecule has 2 N–H and O–H groups in total. The maximum Gasteiger partial charge on any atom is 0.191 e. The monoisotopic (exact) mass is 484 g/mol. The highest BCUT2D eigenvalue weighted by atomic mass is 127. The first-order valence-electron chi connectivity index (χ1n) is 10.1. The first-order valence-corrected chi connectivity index (χ1v) is 10.1. The molecular weight excluding hydrogens is 443 g/mol. The van der Waals surface area contributed by atoms with Crippen molar-refractivity contribution in [2.45, 2.75) is 46.0 Å². The molecule has 0 saturated carbocycles. The van der Waals surface area contributed by atoms with Crippen LogP contribution in [0.4, 0.5) is 0 Å². The summed E-state index contributed by atoms with van der Waals surface area (Å²) in [5.74, 6) is 1.71. The predicted octanol–water partition coefficient (Wildman–Crippen LogP) is 2.72. The number of unbranched alkanes of at least 4 members (excludes halogenated alkanes) is 1. The molecule has 1 atom stereocenters. The summed E-state index contributed by atoms with van der Waals surface area (Å²) in [7, 11) is 1.81. The maximum atomic E-state index is 5.55. The van der Waals surface area contributed by atoms with Gasteiger partial charge in [-0.25, -0.2) is 0 Å². The van der Waals surface area contributed by atoms with Gasteiger partial charge in [0.2, 0.25) is 0 Å². The van der Waals surface area contributed by atoms with Gasteiger partial charge in [0, 0.05) is 33.3 Å². The molecule has 0 aromatic heterocycles. The molecule has 156 valence electrons. The lowest BCUT2D eigenvalue weighted by molar-refractivity contribution is 0.0487. The van der Waals surface area contributed by atoms with Gasteiger partial charge in [-0.15, -0.1) is 24.0 Å². The Balaban J connectivity index is 0.00000625. The molecule has 1 heterocycles. The van der Waals surface area contributed by atoms with E-state index in [1.165, 1.54) is 38.9 Å². The van der Waals surface area contributed by atoms with Crippen LogP contribution in [0.25, 0.3) is 0 Å². The van der Waals surface area contributed by atoms with Crippen LogP contribution in [0.2, 0.25) is 0 Å². The van der Waals surface area contributed by atoms with Gasteiger partial charge in [0.05, 0.1) is 19.8 Å². The molecule has 1 fully saturated rings. The number of rotatable bonds is 13. The Labute approximate surface area is 177 Å². The number of guanidine groups is 1. The third kappa shape index (κ3) is 14.0. The van der Waals surface area contributed by atoms with E-state index in [1.54, 1.807) is 0 Å². The highest BCUT2D eigenvalue weighted by Crippen LogP contribution is 2.15. The summed E-state index contributed by atoms with van der Waals surface area (Å²) in [6.07, 6.45) is 6.19. The van der Waals surface area contributed by atoms with Crippen LogP contribution in [0.15, 0.2) is 4.99 Å². The number of ether oxygens (including phenoxy) is 2. The zero-order valence-corrected chi connectivity index (χ0v) is 19.4. The summed E-state index contributed by atoms with van der Waals surface area (Å²) in [4.78, 5) is 6.84. The molecule has 1 aliphatic rings. The van der Waals surface area contributed by atoms with Crippen LogP contribution < -0.4 is 10.6 Å². The van der Waals surface area contributed by atoms with Crippen LogP contribution in [-0.2, 0) is 9.47 Å². The Morgan fingerprint density at radius 2 is 1.81 bits per heavy atom. The molecule has 0 aliphatic carbocycles. The van der Waals surface area contributed by atoms with Crippen molar-refractivity contribution in [2.75, 3.05) is 66.2 Å². The number of piperidine rings is 1. The van der Waals surface area contributed by atoms with E-state index in [0.717, 1.165) is 44.4 Å². The van der Waals surface area contributed by atoms with Crippen molar-refractivity contribution in [1.82, 2.24) is 15.5 Å². The van der Waals surface area contributed by atoms with E-state index in [-0.39, 0.29) is 24.0 Å². The summed E-state index contributed by atoms with van der Waals surface area (Å²) in [6.45, 7) is 12.8.